The maximum Gasteiger partial charge on any atom is 0.0804 e. The maximum atomic E-state index is 5.03. The molecule has 4 aromatic carbocycles. The van der Waals surface area contributed by atoms with Crippen molar-refractivity contribution in [3.63, 3.8) is 0 Å². The van der Waals surface area contributed by atoms with Crippen molar-refractivity contribution in [2.75, 3.05) is 0 Å². The zero-order chi connectivity index (χ0) is 25.0. The Kier molecular flexibility index (Phi) is 9.04. The van der Waals surface area contributed by atoms with Gasteiger partial charge in [0.1, 0.15) is 0 Å². The predicted octanol–water partition coefficient (Wildman–Crippen LogP) is 7.14. The molecule has 0 saturated heterocycles. The molecule has 0 aliphatic carbocycles. The fraction of sp³-hybridized carbons (Fsp3) is 0.188. The Morgan fingerprint density at radius 2 is 0.639 bits per heavy atom. The van der Waals surface area contributed by atoms with Crippen LogP contribution in [0, 0.1) is 0 Å². The maximum absolute atomic E-state index is 5.03. The molecule has 0 unspecified atom stereocenters. The Hall–Kier alpha value is -4.18. The number of nitrogens with zero attached hydrogens (tertiary/aromatic N) is 4. The van der Waals surface area contributed by atoms with Crippen LogP contribution in [0.3, 0.4) is 0 Å². The van der Waals surface area contributed by atoms with Gasteiger partial charge >= 0.3 is 0 Å². The molecule has 0 atom stereocenters. The average molecular weight is 475 g/mol. The minimum atomic E-state index is 0.734. The van der Waals surface area contributed by atoms with E-state index in [0.29, 0.717) is 0 Å². The first-order chi connectivity index (χ1) is 17.7. The summed E-state index contributed by atoms with van der Waals surface area (Å²) in [4.78, 5) is 0. The second kappa shape index (κ2) is 13.1. The van der Waals surface area contributed by atoms with E-state index in [1.54, 1.807) is 0 Å². The molecule has 182 valence electrons. The van der Waals surface area contributed by atoms with Gasteiger partial charge in [0, 0.05) is 0 Å². The van der Waals surface area contributed by atoms with E-state index < -0.39 is 0 Å². The highest BCUT2D eigenvalue weighted by Crippen LogP contribution is 2.13. The molecule has 4 aromatic rings. The van der Waals surface area contributed by atoms with Crippen molar-refractivity contribution in [2.45, 2.75) is 40.0 Å². The lowest BCUT2D eigenvalue weighted by molar-refractivity contribution is 0.267. The fourth-order valence-corrected chi connectivity index (χ4v) is 4.00. The van der Waals surface area contributed by atoms with Crippen LogP contribution in [0.5, 0.6) is 0 Å². The van der Waals surface area contributed by atoms with Gasteiger partial charge in [-0.3, -0.25) is 10.0 Å². The quantitative estimate of drug-likeness (QED) is 0.171. The molecule has 4 nitrogen and oxygen atoms in total. The third-order valence-electron chi connectivity index (χ3n) is 5.94. The Morgan fingerprint density at radius 3 is 0.861 bits per heavy atom. The molecule has 0 heterocycles. The summed E-state index contributed by atoms with van der Waals surface area (Å²) < 4.78 is 0. The number of hydrazone groups is 2. The van der Waals surface area contributed by atoms with Crippen molar-refractivity contribution >= 4 is 11.4 Å². The molecule has 0 aromatic heterocycles. The second-order valence-electron chi connectivity index (χ2n) is 8.96. The number of hydrogen-bond acceptors (Lipinski definition) is 4. The fourth-order valence-electron chi connectivity index (χ4n) is 4.00. The molecular formula is C32H34N4. The first kappa shape index (κ1) is 24.9. The van der Waals surface area contributed by atoms with E-state index in [1.807, 2.05) is 38.1 Å². The summed E-state index contributed by atoms with van der Waals surface area (Å²) in [7, 11) is 0. The SMILES string of the molecule is CC(=NN(Cc1ccccc1)Cc1ccccc1)C(C)=NN(Cc1ccccc1)Cc1ccccc1. The van der Waals surface area contributed by atoms with E-state index >= 15 is 0 Å². The van der Waals surface area contributed by atoms with Crippen molar-refractivity contribution in [1.82, 2.24) is 10.0 Å². The lowest BCUT2D eigenvalue weighted by atomic mass is 10.2. The molecule has 0 spiro atoms. The van der Waals surface area contributed by atoms with Crippen LogP contribution >= 0.6 is 0 Å². The molecule has 0 amide bonds. The number of hydrogen-bond donors (Lipinski definition) is 0. The van der Waals surface area contributed by atoms with Gasteiger partial charge in [0.2, 0.25) is 0 Å². The molecule has 0 saturated carbocycles. The largest absolute Gasteiger partial charge is 0.288 e. The minimum Gasteiger partial charge on any atom is -0.288 e. The zero-order valence-electron chi connectivity index (χ0n) is 21.2. The van der Waals surface area contributed by atoms with Crippen LogP contribution in [0.25, 0.3) is 0 Å². The lowest BCUT2D eigenvalue weighted by Crippen LogP contribution is -2.24. The van der Waals surface area contributed by atoms with Gasteiger partial charge in [0.05, 0.1) is 37.6 Å². The Balaban J connectivity index is 1.57. The normalized spacial score (nSPS) is 11.8. The van der Waals surface area contributed by atoms with Gasteiger partial charge in [0.25, 0.3) is 0 Å². The average Bonchev–Trinajstić information content (AvgIpc) is 2.91. The van der Waals surface area contributed by atoms with Crippen LogP contribution in [-0.2, 0) is 26.2 Å². The van der Waals surface area contributed by atoms with Crippen LogP contribution in [-0.4, -0.2) is 21.4 Å². The highest BCUT2D eigenvalue weighted by molar-refractivity contribution is 6.40. The second-order valence-corrected chi connectivity index (χ2v) is 8.96. The van der Waals surface area contributed by atoms with E-state index in [-0.39, 0.29) is 0 Å². The van der Waals surface area contributed by atoms with Gasteiger partial charge in [-0.1, -0.05) is 121 Å². The van der Waals surface area contributed by atoms with Crippen molar-refractivity contribution in [3.8, 4) is 0 Å². The lowest BCUT2D eigenvalue weighted by Gasteiger charge is -2.23. The van der Waals surface area contributed by atoms with Gasteiger partial charge in [-0.2, -0.15) is 10.2 Å². The molecule has 0 fully saturated rings. The summed E-state index contributed by atoms with van der Waals surface area (Å²) >= 11 is 0. The van der Waals surface area contributed by atoms with E-state index in [9.17, 15) is 0 Å². The van der Waals surface area contributed by atoms with Gasteiger partial charge in [-0.25, -0.2) is 0 Å². The third kappa shape index (κ3) is 7.95. The third-order valence-corrected chi connectivity index (χ3v) is 5.94. The van der Waals surface area contributed by atoms with Crippen molar-refractivity contribution < 1.29 is 0 Å². The molecule has 0 aliphatic heterocycles. The van der Waals surface area contributed by atoms with Crippen molar-refractivity contribution in [2.24, 2.45) is 10.2 Å². The smallest absolute Gasteiger partial charge is 0.0804 e. The summed E-state index contributed by atoms with van der Waals surface area (Å²) in [6, 6.07) is 41.9. The molecule has 0 radical (unpaired) electrons. The predicted molar refractivity (Wildman–Crippen MR) is 150 cm³/mol. The Labute approximate surface area is 215 Å². The summed E-state index contributed by atoms with van der Waals surface area (Å²) in [6.07, 6.45) is 0. The summed E-state index contributed by atoms with van der Waals surface area (Å²) in [5.74, 6) is 0. The highest BCUT2D eigenvalue weighted by Gasteiger charge is 2.10. The summed E-state index contributed by atoms with van der Waals surface area (Å²) in [6.45, 7) is 7.03. The zero-order valence-corrected chi connectivity index (χ0v) is 21.2. The van der Waals surface area contributed by atoms with E-state index in [4.69, 9.17) is 10.2 Å². The van der Waals surface area contributed by atoms with Crippen LogP contribution in [0.2, 0.25) is 0 Å². The first-order valence-electron chi connectivity index (χ1n) is 12.4. The molecule has 4 heteroatoms. The van der Waals surface area contributed by atoms with Crippen LogP contribution < -0.4 is 0 Å². The molecule has 36 heavy (non-hydrogen) atoms. The molecular weight excluding hydrogens is 440 g/mol. The Morgan fingerprint density at radius 1 is 0.417 bits per heavy atom. The highest BCUT2D eigenvalue weighted by atomic mass is 15.5. The van der Waals surface area contributed by atoms with Crippen molar-refractivity contribution in [1.29, 1.82) is 0 Å². The molecule has 0 N–H and O–H groups in total. The molecule has 0 bridgehead atoms. The van der Waals surface area contributed by atoms with E-state index in [0.717, 1.165) is 37.6 Å². The monoisotopic (exact) mass is 474 g/mol. The topological polar surface area (TPSA) is 31.2 Å². The van der Waals surface area contributed by atoms with Gasteiger partial charge in [-0.05, 0) is 36.1 Å². The first-order valence-corrected chi connectivity index (χ1v) is 12.4. The van der Waals surface area contributed by atoms with Crippen LogP contribution in [0.15, 0.2) is 132 Å². The standard InChI is InChI=1S/C32H34N4/c1-27(33-35(23-29-15-7-3-8-16-29)24-30-17-9-4-10-18-30)28(2)34-36(25-31-19-11-5-12-20-31)26-32-21-13-6-14-22-32/h3-22H,23-26H2,1-2H3. The number of rotatable bonds is 11. The molecule has 0 aliphatic rings. The van der Waals surface area contributed by atoms with Gasteiger partial charge in [-0.15, -0.1) is 0 Å². The van der Waals surface area contributed by atoms with Gasteiger partial charge < -0.3 is 0 Å². The minimum absolute atomic E-state index is 0.734. The summed E-state index contributed by atoms with van der Waals surface area (Å²) in [5.41, 5.74) is 6.74. The number of benzene rings is 4. The van der Waals surface area contributed by atoms with Crippen LogP contribution in [0.1, 0.15) is 36.1 Å². The van der Waals surface area contributed by atoms with Crippen LogP contribution in [0.4, 0.5) is 0 Å². The van der Waals surface area contributed by atoms with E-state index in [2.05, 4.69) is 107 Å². The molecule has 4 rings (SSSR count). The van der Waals surface area contributed by atoms with E-state index in [1.165, 1.54) is 22.3 Å². The van der Waals surface area contributed by atoms with Crippen molar-refractivity contribution in [3.05, 3.63) is 144 Å². The Bertz CT molecular complexity index is 1050. The summed E-state index contributed by atoms with van der Waals surface area (Å²) in [5, 5.41) is 14.3. The van der Waals surface area contributed by atoms with Gasteiger partial charge in [0.15, 0.2) is 0 Å².